The zero-order chi connectivity index (χ0) is 24.8. The minimum atomic E-state index is -4.46. The van der Waals surface area contributed by atoms with Gasteiger partial charge in [-0.1, -0.05) is 30.3 Å². The lowest BCUT2D eigenvalue weighted by Crippen LogP contribution is -2.24. The van der Waals surface area contributed by atoms with E-state index in [0.29, 0.717) is 17.9 Å². The van der Waals surface area contributed by atoms with Crippen molar-refractivity contribution in [3.8, 4) is 0 Å². The van der Waals surface area contributed by atoms with E-state index in [1.165, 1.54) is 30.7 Å². The molecule has 0 saturated carbocycles. The molecule has 182 valence electrons. The van der Waals surface area contributed by atoms with Crippen molar-refractivity contribution >= 4 is 5.91 Å². The highest BCUT2D eigenvalue weighted by atomic mass is 19.4. The van der Waals surface area contributed by atoms with Gasteiger partial charge in [-0.3, -0.25) is 9.69 Å². The second kappa shape index (κ2) is 10.6. The van der Waals surface area contributed by atoms with Gasteiger partial charge in [0.15, 0.2) is 5.69 Å². The van der Waals surface area contributed by atoms with Crippen molar-refractivity contribution in [1.82, 2.24) is 15.2 Å². The molecule has 1 amide bonds. The Morgan fingerprint density at radius 3 is 2.43 bits per heavy atom. The molecule has 0 atom stereocenters. The summed E-state index contributed by atoms with van der Waals surface area (Å²) in [7, 11) is 0. The molecule has 0 saturated heterocycles. The van der Waals surface area contributed by atoms with Gasteiger partial charge in [0.05, 0.1) is 24.9 Å². The maximum absolute atomic E-state index is 13.3. The summed E-state index contributed by atoms with van der Waals surface area (Å²) in [5.74, 6) is -0.0636. The third kappa shape index (κ3) is 6.80. The lowest BCUT2D eigenvalue weighted by Gasteiger charge is -2.21. The highest BCUT2D eigenvalue weighted by molar-refractivity contribution is 5.91. The molecular formula is C25H21F4N3O3. The number of hydrogen-bond acceptors (Lipinski definition) is 5. The van der Waals surface area contributed by atoms with E-state index < -0.39 is 23.5 Å². The second-order valence-electron chi connectivity index (χ2n) is 7.86. The minimum absolute atomic E-state index is 0.0624. The van der Waals surface area contributed by atoms with Crippen molar-refractivity contribution in [3.63, 3.8) is 0 Å². The third-order valence-electron chi connectivity index (χ3n) is 5.13. The van der Waals surface area contributed by atoms with E-state index in [-0.39, 0.29) is 31.2 Å². The van der Waals surface area contributed by atoms with E-state index in [9.17, 15) is 22.4 Å². The van der Waals surface area contributed by atoms with Crippen LogP contribution in [0.5, 0.6) is 0 Å². The molecular weight excluding hydrogens is 466 g/mol. The third-order valence-corrected chi connectivity index (χ3v) is 5.13. The molecule has 2 aromatic carbocycles. The van der Waals surface area contributed by atoms with Crippen molar-refractivity contribution in [2.75, 3.05) is 0 Å². The van der Waals surface area contributed by atoms with Crippen LogP contribution < -0.4 is 5.32 Å². The van der Waals surface area contributed by atoms with Crippen LogP contribution in [0.4, 0.5) is 17.6 Å². The Bertz CT molecular complexity index is 1250. The Morgan fingerprint density at radius 1 is 0.943 bits per heavy atom. The van der Waals surface area contributed by atoms with Crippen LogP contribution in [-0.4, -0.2) is 15.8 Å². The van der Waals surface area contributed by atoms with Gasteiger partial charge in [-0.15, -0.1) is 0 Å². The standard InChI is InChI=1S/C25H21F4N3O3/c26-20-8-6-17(7-9-20)13-32(14-18-3-1-4-19(11-18)25(27,28)29)15-23-31-22(16-35-23)24(33)30-12-21-5-2-10-34-21/h1-11,16H,12-15H2,(H,30,33). The summed E-state index contributed by atoms with van der Waals surface area (Å²) in [5.41, 5.74) is 0.502. The summed E-state index contributed by atoms with van der Waals surface area (Å²) in [5, 5.41) is 2.66. The van der Waals surface area contributed by atoms with E-state index in [4.69, 9.17) is 8.83 Å². The number of nitrogens with one attached hydrogen (secondary N) is 1. The number of hydrogen-bond donors (Lipinski definition) is 1. The summed E-state index contributed by atoms with van der Waals surface area (Å²) in [4.78, 5) is 18.4. The van der Waals surface area contributed by atoms with Gasteiger partial charge in [-0.2, -0.15) is 13.2 Å². The normalized spacial score (nSPS) is 11.7. The van der Waals surface area contributed by atoms with Gasteiger partial charge < -0.3 is 14.2 Å². The Kier molecular flexibility index (Phi) is 7.31. The topological polar surface area (TPSA) is 71.5 Å². The number of furan rings is 1. The van der Waals surface area contributed by atoms with Crippen molar-refractivity contribution in [2.24, 2.45) is 0 Å². The maximum atomic E-state index is 13.3. The molecule has 0 bridgehead atoms. The number of aromatic nitrogens is 1. The predicted molar refractivity (Wildman–Crippen MR) is 117 cm³/mol. The molecule has 0 fully saturated rings. The second-order valence-corrected chi connectivity index (χ2v) is 7.86. The van der Waals surface area contributed by atoms with Crippen molar-refractivity contribution in [1.29, 1.82) is 0 Å². The Labute approximate surface area is 198 Å². The summed E-state index contributed by atoms with van der Waals surface area (Å²) >= 11 is 0. The number of halogens is 4. The maximum Gasteiger partial charge on any atom is 0.416 e. The van der Waals surface area contributed by atoms with Crippen molar-refractivity contribution < 1.29 is 31.2 Å². The average molecular weight is 487 g/mol. The van der Waals surface area contributed by atoms with Crippen LogP contribution in [0.2, 0.25) is 0 Å². The van der Waals surface area contributed by atoms with Crippen LogP contribution in [0.3, 0.4) is 0 Å². The molecule has 6 nitrogen and oxygen atoms in total. The lowest BCUT2D eigenvalue weighted by atomic mass is 10.1. The average Bonchev–Trinajstić information content (AvgIpc) is 3.51. The van der Waals surface area contributed by atoms with Crippen LogP contribution in [0.25, 0.3) is 0 Å². The fraction of sp³-hybridized carbons (Fsp3) is 0.200. The number of benzene rings is 2. The van der Waals surface area contributed by atoms with Gasteiger partial charge in [-0.25, -0.2) is 9.37 Å². The summed E-state index contributed by atoms with van der Waals surface area (Å²) in [6.07, 6.45) is -1.75. The highest BCUT2D eigenvalue weighted by Crippen LogP contribution is 2.30. The van der Waals surface area contributed by atoms with Gasteiger partial charge in [-0.05, 0) is 41.5 Å². The lowest BCUT2D eigenvalue weighted by molar-refractivity contribution is -0.137. The summed E-state index contributed by atoms with van der Waals surface area (Å²) < 4.78 is 63.4. The van der Waals surface area contributed by atoms with Crippen LogP contribution in [-0.2, 0) is 32.4 Å². The number of amides is 1. The quantitative estimate of drug-likeness (QED) is 0.313. The fourth-order valence-electron chi connectivity index (χ4n) is 3.47. The molecule has 2 aromatic heterocycles. The number of rotatable bonds is 9. The molecule has 10 heteroatoms. The van der Waals surface area contributed by atoms with Crippen LogP contribution in [0, 0.1) is 5.82 Å². The Morgan fingerprint density at radius 2 is 1.71 bits per heavy atom. The Hall–Kier alpha value is -3.92. The summed E-state index contributed by atoms with van der Waals surface area (Å²) in [6, 6.07) is 14.3. The van der Waals surface area contributed by atoms with E-state index in [2.05, 4.69) is 10.3 Å². The number of nitrogens with zero attached hydrogens (tertiary/aromatic N) is 2. The van der Waals surface area contributed by atoms with Crippen LogP contribution in [0.1, 0.15) is 38.8 Å². The first-order valence-electron chi connectivity index (χ1n) is 10.6. The van der Waals surface area contributed by atoms with Crippen LogP contribution in [0.15, 0.2) is 82.0 Å². The van der Waals surface area contributed by atoms with Gasteiger partial charge in [0.2, 0.25) is 5.89 Å². The molecule has 4 rings (SSSR count). The number of carbonyl (C=O) groups excluding carboxylic acids is 1. The van der Waals surface area contributed by atoms with Crippen LogP contribution >= 0.6 is 0 Å². The molecule has 0 unspecified atom stereocenters. The molecule has 0 aliphatic heterocycles. The monoisotopic (exact) mass is 487 g/mol. The smallest absolute Gasteiger partial charge is 0.416 e. The number of alkyl halides is 3. The SMILES string of the molecule is O=C(NCc1ccco1)c1coc(CN(Cc2ccc(F)cc2)Cc2cccc(C(F)(F)F)c2)n1. The van der Waals surface area contributed by atoms with E-state index in [1.807, 2.05) is 0 Å². The molecule has 4 aromatic rings. The van der Waals surface area contributed by atoms with Gasteiger partial charge in [0, 0.05) is 13.1 Å². The minimum Gasteiger partial charge on any atom is -0.467 e. The molecule has 1 N–H and O–H groups in total. The van der Waals surface area contributed by atoms with Gasteiger partial charge >= 0.3 is 6.18 Å². The van der Waals surface area contributed by atoms with E-state index in [0.717, 1.165) is 17.7 Å². The summed E-state index contributed by atoms with van der Waals surface area (Å²) in [6.45, 7) is 0.724. The molecule has 0 aliphatic carbocycles. The first-order chi connectivity index (χ1) is 16.8. The molecule has 0 radical (unpaired) electrons. The molecule has 0 spiro atoms. The molecule has 2 heterocycles. The Balaban J connectivity index is 1.48. The van der Waals surface area contributed by atoms with Crippen molar-refractivity contribution in [3.05, 3.63) is 113 Å². The van der Waals surface area contributed by atoms with Crippen molar-refractivity contribution in [2.45, 2.75) is 32.4 Å². The zero-order valence-electron chi connectivity index (χ0n) is 18.4. The first-order valence-corrected chi connectivity index (χ1v) is 10.6. The predicted octanol–water partition coefficient (Wildman–Crippen LogP) is 5.56. The van der Waals surface area contributed by atoms with Gasteiger partial charge in [0.25, 0.3) is 5.91 Å². The number of carbonyl (C=O) groups is 1. The van der Waals surface area contributed by atoms with E-state index >= 15 is 0 Å². The fourth-order valence-corrected chi connectivity index (χ4v) is 3.47. The largest absolute Gasteiger partial charge is 0.467 e. The zero-order valence-corrected chi connectivity index (χ0v) is 18.4. The van der Waals surface area contributed by atoms with E-state index in [1.54, 1.807) is 35.2 Å². The molecule has 35 heavy (non-hydrogen) atoms. The van der Waals surface area contributed by atoms with Gasteiger partial charge in [0.1, 0.15) is 17.8 Å². The number of oxazole rings is 1. The highest BCUT2D eigenvalue weighted by Gasteiger charge is 2.30. The first kappa shape index (κ1) is 24.2. The molecule has 0 aliphatic rings.